The van der Waals surface area contributed by atoms with Crippen LogP contribution in [-0.4, -0.2) is 37.2 Å². The predicted octanol–water partition coefficient (Wildman–Crippen LogP) is 12.6. The van der Waals surface area contributed by atoms with E-state index in [2.05, 4.69) is 44.7 Å². The summed E-state index contributed by atoms with van der Waals surface area (Å²) in [6.45, 7) is 7.98. The topological polar surface area (TPSA) is 78.9 Å². The Hall–Kier alpha value is -2.37. The first-order valence-electron chi connectivity index (χ1n) is 20.4. The van der Waals surface area contributed by atoms with Gasteiger partial charge in [0.05, 0.1) is 0 Å². The molecule has 0 aromatic rings. The molecule has 0 amide bonds. The Kier molecular flexibility index (Phi) is 36.6. The van der Waals surface area contributed by atoms with Gasteiger partial charge in [0, 0.05) is 19.3 Å². The molecule has 0 aromatic heterocycles. The molecule has 1 unspecified atom stereocenters. The van der Waals surface area contributed by atoms with Crippen molar-refractivity contribution in [2.24, 2.45) is 0 Å². The van der Waals surface area contributed by atoms with Gasteiger partial charge in [-0.05, 0) is 77.0 Å². The fourth-order valence-corrected chi connectivity index (χ4v) is 5.65. The highest BCUT2D eigenvalue weighted by Gasteiger charge is 2.19. The lowest BCUT2D eigenvalue weighted by Crippen LogP contribution is -2.30. The van der Waals surface area contributed by atoms with Crippen molar-refractivity contribution < 1.29 is 28.6 Å². The third-order valence-electron chi connectivity index (χ3n) is 8.74. The summed E-state index contributed by atoms with van der Waals surface area (Å²) >= 11 is 0. The van der Waals surface area contributed by atoms with Crippen LogP contribution in [0.2, 0.25) is 0 Å². The van der Waals surface area contributed by atoms with Crippen molar-refractivity contribution in [3.8, 4) is 0 Å². The number of esters is 3. The zero-order valence-electron chi connectivity index (χ0n) is 32.0. The summed E-state index contributed by atoms with van der Waals surface area (Å²) in [5.74, 6) is -0.935. The minimum atomic E-state index is -0.779. The highest BCUT2D eigenvalue weighted by molar-refractivity contribution is 5.71. The Morgan fingerprint density at radius 3 is 1.27 bits per heavy atom. The highest BCUT2D eigenvalue weighted by Crippen LogP contribution is 2.13. The molecule has 6 heteroatoms. The van der Waals surface area contributed by atoms with Crippen LogP contribution in [0.15, 0.2) is 37.0 Å². The molecule has 0 fully saturated rings. The van der Waals surface area contributed by atoms with E-state index in [9.17, 15) is 14.4 Å². The van der Waals surface area contributed by atoms with Crippen molar-refractivity contribution in [1.29, 1.82) is 0 Å². The molecule has 6 nitrogen and oxygen atoms in total. The first-order valence-corrected chi connectivity index (χ1v) is 20.4. The minimum absolute atomic E-state index is 0.0864. The number of hydrogen-bond donors (Lipinski definition) is 0. The quantitative estimate of drug-likeness (QED) is 0.0280. The van der Waals surface area contributed by atoms with Gasteiger partial charge < -0.3 is 14.2 Å². The molecule has 0 spiro atoms. The Bertz CT molecular complexity index is 832. The monoisotopic (exact) mass is 689 g/mol. The molecule has 0 aliphatic rings. The number of rotatable bonds is 37. The zero-order chi connectivity index (χ0) is 35.9. The largest absolute Gasteiger partial charge is 0.462 e. The van der Waals surface area contributed by atoms with Crippen molar-refractivity contribution in [3.05, 3.63) is 37.0 Å². The van der Waals surface area contributed by atoms with Gasteiger partial charge in [-0.2, -0.15) is 0 Å². The second kappa shape index (κ2) is 38.4. The molecule has 0 bridgehead atoms. The Labute approximate surface area is 302 Å². The molecule has 0 aliphatic heterocycles. The number of unbranched alkanes of at least 4 members (excludes halogenated alkanes) is 21. The predicted molar refractivity (Wildman–Crippen MR) is 206 cm³/mol. The smallest absolute Gasteiger partial charge is 0.306 e. The summed E-state index contributed by atoms with van der Waals surface area (Å²) in [7, 11) is 0. The van der Waals surface area contributed by atoms with Gasteiger partial charge in [0.25, 0.3) is 0 Å². The lowest BCUT2D eigenvalue weighted by Gasteiger charge is -2.18. The first-order chi connectivity index (χ1) is 24.0. The van der Waals surface area contributed by atoms with Gasteiger partial charge in [0.15, 0.2) is 6.10 Å². The van der Waals surface area contributed by atoms with Crippen molar-refractivity contribution in [2.75, 3.05) is 13.2 Å². The number of carbonyl (C=O) groups excluding carboxylic acids is 3. The fourth-order valence-electron chi connectivity index (χ4n) is 5.65. The maximum Gasteiger partial charge on any atom is 0.306 e. The molecule has 0 heterocycles. The summed E-state index contributed by atoms with van der Waals surface area (Å²) < 4.78 is 16.5. The van der Waals surface area contributed by atoms with Gasteiger partial charge in [-0.25, -0.2) is 0 Å². The molecule has 0 aromatic carbocycles. The molecule has 0 saturated heterocycles. The van der Waals surface area contributed by atoms with Crippen LogP contribution in [0.1, 0.15) is 200 Å². The van der Waals surface area contributed by atoms with Crippen molar-refractivity contribution in [3.63, 3.8) is 0 Å². The third-order valence-corrected chi connectivity index (χ3v) is 8.74. The SMILES string of the molecule is C=CCCCCCCCC(=O)OC(COC(=O)CCCCCCC/C=C\CC)COC(=O)CCCCCCC/C=C\CCCCCCCC. The van der Waals surface area contributed by atoms with Gasteiger partial charge in [0.1, 0.15) is 13.2 Å². The van der Waals surface area contributed by atoms with E-state index in [1.54, 1.807) is 0 Å². The van der Waals surface area contributed by atoms with E-state index in [1.165, 1.54) is 64.2 Å². The van der Waals surface area contributed by atoms with Gasteiger partial charge in [0.2, 0.25) is 0 Å². The molecular weight excluding hydrogens is 612 g/mol. The van der Waals surface area contributed by atoms with Crippen LogP contribution in [-0.2, 0) is 28.6 Å². The maximum absolute atomic E-state index is 12.5. The molecule has 284 valence electrons. The summed E-state index contributed by atoms with van der Waals surface area (Å²) in [6.07, 6.45) is 40.4. The lowest BCUT2D eigenvalue weighted by atomic mass is 10.1. The van der Waals surface area contributed by atoms with E-state index in [-0.39, 0.29) is 31.1 Å². The number of hydrogen-bond acceptors (Lipinski definition) is 6. The molecular formula is C43H76O6. The highest BCUT2D eigenvalue weighted by atomic mass is 16.6. The molecule has 0 saturated carbocycles. The molecule has 49 heavy (non-hydrogen) atoms. The van der Waals surface area contributed by atoms with Gasteiger partial charge >= 0.3 is 17.9 Å². The minimum Gasteiger partial charge on any atom is -0.462 e. The molecule has 1 atom stereocenters. The normalized spacial score (nSPS) is 12.0. The molecule has 0 rings (SSSR count). The van der Waals surface area contributed by atoms with Crippen LogP contribution in [0.5, 0.6) is 0 Å². The van der Waals surface area contributed by atoms with Crippen LogP contribution in [0, 0.1) is 0 Å². The second-order valence-corrected chi connectivity index (χ2v) is 13.6. The first kappa shape index (κ1) is 46.6. The van der Waals surface area contributed by atoms with E-state index < -0.39 is 6.10 Å². The average Bonchev–Trinajstić information content (AvgIpc) is 3.10. The zero-order valence-corrected chi connectivity index (χ0v) is 32.0. The van der Waals surface area contributed by atoms with Crippen molar-refractivity contribution >= 4 is 17.9 Å². The average molecular weight is 689 g/mol. The maximum atomic E-state index is 12.5. The second-order valence-electron chi connectivity index (χ2n) is 13.6. The van der Waals surface area contributed by atoms with Crippen molar-refractivity contribution in [2.45, 2.75) is 206 Å². The summed E-state index contributed by atoms with van der Waals surface area (Å²) in [4.78, 5) is 37.3. The third kappa shape index (κ3) is 36.7. The summed E-state index contributed by atoms with van der Waals surface area (Å²) in [5, 5.41) is 0. The number of carbonyl (C=O) groups is 3. The van der Waals surface area contributed by atoms with E-state index in [4.69, 9.17) is 14.2 Å². The van der Waals surface area contributed by atoms with Gasteiger partial charge in [-0.15, -0.1) is 6.58 Å². The summed E-state index contributed by atoms with van der Waals surface area (Å²) in [5.41, 5.74) is 0. The van der Waals surface area contributed by atoms with E-state index in [0.29, 0.717) is 19.3 Å². The van der Waals surface area contributed by atoms with Crippen molar-refractivity contribution in [1.82, 2.24) is 0 Å². The standard InChI is InChI=1S/C43H76O6/c1-4-7-10-13-16-18-19-20-21-22-23-25-28-30-33-36-42(45)48-39-40(49-43(46)37-34-31-26-15-12-9-6-3)38-47-41(44)35-32-29-27-24-17-14-11-8-5-2/h6,8,11,20-21,40H,3-5,7,9-10,12-19,22-39H2,1-2H3/b11-8-,21-20-. The Balaban J connectivity index is 4.28. The Morgan fingerprint density at radius 2 is 0.837 bits per heavy atom. The van der Waals surface area contributed by atoms with E-state index >= 15 is 0 Å². The van der Waals surface area contributed by atoms with Crippen LogP contribution < -0.4 is 0 Å². The van der Waals surface area contributed by atoms with Crippen LogP contribution in [0.3, 0.4) is 0 Å². The van der Waals surface area contributed by atoms with E-state index in [0.717, 1.165) is 103 Å². The van der Waals surface area contributed by atoms with Crippen LogP contribution >= 0.6 is 0 Å². The number of allylic oxidation sites excluding steroid dienone is 5. The fraction of sp³-hybridized carbons (Fsp3) is 0.791. The van der Waals surface area contributed by atoms with Crippen LogP contribution in [0.4, 0.5) is 0 Å². The molecule has 0 N–H and O–H groups in total. The van der Waals surface area contributed by atoms with Gasteiger partial charge in [-0.1, -0.05) is 134 Å². The lowest BCUT2D eigenvalue weighted by molar-refractivity contribution is -0.167. The van der Waals surface area contributed by atoms with Crippen LogP contribution in [0.25, 0.3) is 0 Å². The van der Waals surface area contributed by atoms with Gasteiger partial charge in [-0.3, -0.25) is 14.4 Å². The number of ether oxygens (including phenoxy) is 3. The summed E-state index contributed by atoms with van der Waals surface area (Å²) in [6, 6.07) is 0. The van der Waals surface area contributed by atoms with E-state index in [1.807, 2.05) is 6.08 Å². The Morgan fingerprint density at radius 1 is 0.469 bits per heavy atom. The molecule has 0 aliphatic carbocycles. The molecule has 0 radical (unpaired) electrons.